The lowest BCUT2D eigenvalue weighted by atomic mass is 10.0. The molecule has 28 heavy (non-hydrogen) atoms. The molecule has 1 N–H and O–H groups in total. The molecule has 0 unspecified atom stereocenters. The summed E-state index contributed by atoms with van der Waals surface area (Å²) < 4.78 is 4.75. The van der Waals surface area contributed by atoms with Gasteiger partial charge >= 0.3 is 5.97 Å². The lowest BCUT2D eigenvalue weighted by Crippen LogP contribution is -2.44. The molecule has 0 aliphatic carbocycles. The third kappa shape index (κ3) is 15.9. The van der Waals surface area contributed by atoms with Crippen molar-refractivity contribution in [3.63, 3.8) is 0 Å². The van der Waals surface area contributed by atoms with Gasteiger partial charge in [-0.3, -0.25) is 4.79 Å². The summed E-state index contributed by atoms with van der Waals surface area (Å²) in [5.74, 6) is -0.365. The molecule has 0 spiro atoms. The number of ether oxygens (including phenoxy) is 1. The van der Waals surface area contributed by atoms with Gasteiger partial charge in [0.2, 0.25) is 5.91 Å². The quantitative estimate of drug-likeness (QED) is 0.198. The second-order valence-electron chi connectivity index (χ2n) is 8.51. The van der Waals surface area contributed by atoms with Gasteiger partial charge in [-0.1, -0.05) is 111 Å². The van der Waals surface area contributed by atoms with Crippen LogP contribution in [0, 0.1) is 5.92 Å². The molecule has 1 atom stereocenters. The van der Waals surface area contributed by atoms with Crippen LogP contribution in [0.1, 0.15) is 124 Å². The molecule has 166 valence electrons. The third-order valence-corrected chi connectivity index (χ3v) is 5.45. The summed E-state index contributed by atoms with van der Waals surface area (Å²) in [5, 5.41) is 2.80. The maximum atomic E-state index is 12.0. The lowest BCUT2D eigenvalue weighted by molar-refractivity contribution is -0.146. The van der Waals surface area contributed by atoms with Crippen LogP contribution in [0.3, 0.4) is 0 Å². The average molecular weight is 398 g/mol. The Labute approximate surface area is 174 Å². The maximum Gasteiger partial charge on any atom is 0.328 e. The van der Waals surface area contributed by atoms with Crippen LogP contribution in [-0.4, -0.2) is 25.0 Å². The van der Waals surface area contributed by atoms with Crippen molar-refractivity contribution in [2.24, 2.45) is 5.92 Å². The van der Waals surface area contributed by atoms with Crippen molar-refractivity contribution in [1.29, 1.82) is 0 Å². The molecular weight excluding hydrogens is 350 g/mol. The first-order chi connectivity index (χ1) is 13.5. The molecule has 0 aliphatic rings. The largest absolute Gasteiger partial charge is 0.467 e. The highest BCUT2D eigenvalue weighted by Crippen LogP contribution is 2.14. The van der Waals surface area contributed by atoms with Gasteiger partial charge < -0.3 is 10.1 Å². The summed E-state index contributed by atoms with van der Waals surface area (Å²) in [6.07, 6.45) is 20.2. The number of hydrogen-bond donors (Lipinski definition) is 1. The van der Waals surface area contributed by atoms with Crippen molar-refractivity contribution in [2.75, 3.05) is 7.11 Å². The van der Waals surface area contributed by atoms with Gasteiger partial charge in [0.15, 0.2) is 0 Å². The van der Waals surface area contributed by atoms with Crippen LogP contribution < -0.4 is 5.32 Å². The molecule has 0 saturated carbocycles. The Balaban J connectivity index is 3.43. The predicted molar refractivity (Wildman–Crippen MR) is 118 cm³/mol. The van der Waals surface area contributed by atoms with Crippen LogP contribution in [0.5, 0.6) is 0 Å². The molecule has 0 aromatic rings. The van der Waals surface area contributed by atoms with E-state index in [1.54, 1.807) is 0 Å². The van der Waals surface area contributed by atoms with Crippen molar-refractivity contribution < 1.29 is 14.3 Å². The molecule has 0 rings (SSSR count). The zero-order chi connectivity index (χ0) is 21.0. The summed E-state index contributed by atoms with van der Waals surface area (Å²) in [4.78, 5) is 23.7. The number of nitrogens with one attached hydrogen (secondary N) is 1. The van der Waals surface area contributed by atoms with E-state index in [-0.39, 0.29) is 17.8 Å². The van der Waals surface area contributed by atoms with Crippen molar-refractivity contribution in [2.45, 2.75) is 130 Å². The lowest BCUT2D eigenvalue weighted by Gasteiger charge is -2.19. The van der Waals surface area contributed by atoms with Crippen LogP contribution in [-0.2, 0) is 14.3 Å². The SMILES string of the molecule is CCCCCCCCCCCCCCCCCC(=O)N[C@H](C(=O)OC)C(C)C. The number of unbranched alkanes of at least 4 members (excludes halogenated alkanes) is 14. The van der Waals surface area contributed by atoms with Gasteiger partial charge in [-0.2, -0.15) is 0 Å². The fourth-order valence-corrected chi connectivity index (χ4v) is 3.53. The molecule has 0 radical (unpaired) electrons. The Bertz CT molecular complexity index is 382. The number of carbonyl (C=O) groups excluding carboxylic acids is 2. The van der Waals surface area contributed by atoms with E-state index in [2.05, 4.69) is 12.2 Å². The van der Waals surface area contributed by atoms with E-state index in [0.717, 1.165) is 12.8 Å². The number of rotatable bonds is 19. The maximum absolute atomic E-state index is 12.0. The smallest absolute Gasteiger partial charge is 0.328 e. The predicted octanol–water partition coefficient (Wildman–Crippen LogP) is 6.56. The van der Waals surface area contributed by atoms with Crippen LogP contribution in [0.15, 0.2) is 0 Å². The highest BCUT2D eigenvalue weighted by Gasteiger charge is 2.24. The summed E-state index contributed by atoms with van der Waals surface area (Å²) in [6, 6.07) is -0.533. The third-order valence-electron chi connectivity index (χ3n) is 5.45. The molecule has 1 amide bonds. The van der Waals surface area contributed by atoms with Crippen LogP contribution in [0.2, 0.25) is 0 Å². The molecule has 0 heterocycles. The molecule has 0 aromatic heterocycles. The van der Waals surface area contributed by atoms with Gasteiger partial charge in [0.05, 0.1) is 7.11 Å². The van der Waals surface area contributed by atoms with E-state index in [4.69, 9.17) is 4.74 Å². The van der Waals surface area contributed by atoms with Crippen LogP contribution in [0.4, 0.5) is 0 Å². The number of amides is 1. The topological polar surface area (TPSA) is 55.4 Å². The van der Waals surface area contributed by atoms with Crippen molar-refractivity contribution >= 4 is 11.9 Å². The van der Waals surface area contributed by atoms with Gasteiger partial charge in [0.1, 0.15) is 6.04 Å². The zero-order valence-electron chi connectivity index (χ0n) is 19.2. The molecule has 4 heteroatoms. The van der Waals surface area contributed by atoms with E-state index in [0.29, 0.717) is 6.42 Å². The first kappa shape index (κ1) is 26.9. The molecule has 0 bridgehead atoms. The van der Waals surface area contributed by atoms with Crippen LogP contribution in [0.25, 0.3) is 0 Å². The number of carbonyl (C=O) groups is 2. The number of esters is 1. The van der Waals surface area contributed by atoms with Gasteiger partial charge in [-0.25, -0.2) is 4.79 Å². The molecule has 0 aromatic carbocycles. The molecule has 0 fully saturated rings. The van der Waals surface area contributed by atoms with E-state index in [1.807, 2.05) is 13.8 Å². The summed E-state index contributed by atoms with van der Waals surface area (Å²) >= 11 is 0. The van der Waals surface area contributed by atoms with E-state index in [9.17, 15) is 9.59 Å². The molecule has 0 saturated heterocycles. The first-order valence-electron chi connectivity index (χ1n) is 11.9. The van der Waals surface area contributed by atoms with Crippen molar-refractivity contribution in [1.82, 2.24) is 5.32 Å². The van der Waals surface area contributed by atoms with E-state index in [1.165, 1.54) is 90.6 Å². The number of methoxy groups -OCH3 is 1. The fraction of sp³-hybridized carbons (Fsp3) is 0.917. The minimum absolute atomic E-state index is 0.0393. The van der Waals surface area contributed by atoms with Gasteiger partial charge in [0, 0.05) is 6.42 Å². The Hall–Kier alpha value is -1.06. The van der Waals surface area contributed by atoms with Gasteiger partial charge in [0.25, 0.3) is 0 Å². The average Bonchev–Trinajstić information content (AvgIpc) is 2.68. The van der Waals surface area contributed by atoms with Crippen molar-refractivity contribution in [3.05, 3.63) is 0 Å². The fourth-order valence-electron chi connectivity index (χ4n) is 3.53. The second kappa shape index (κ2) is 19.3. The second-order valence-corrected chi connectivity index (χ2v) is 8.51. The monoisotopic (exact) mass is 397 g/mol. The molecular formula is C24H47NO3. The van der Waals surface area contributed by atoms with E-state index < -0.39 is 6.04 Å². The normalized spacial score (nSPS) is 12.2. The Morgan fingerprint density at radius 2 is 1.11 bits per heavy atom. The Kier molecular flexibility index (Phi) is 18.5. The summed E-state index contributed by atoms with van der Waals surface area (Å²) in [6.45, 7) is 6.09. The summed E-state index contributed by atoms with van der Waals surface area (Å²) in [7, 11) is 1.36. The minimum atomic E-state index is -0.533. The van der Waals surface area contributed by atoms with Gasteiger partial charge in [-0.15, -0.1) is 0 Å². The molecule has 0 aliphatic heterocycles. The summed E-state index contributed by atoms with van der Waals surface area (Å²) in [5.41, 5.74) is 0. The Morgan fingerprint density at radius 3 is 1.46 bits per heavy atom. The first-order valence-corrected chi connectivity index (χ1v) is 11.9. The van der Waals surface area contributed by atoms with E-state index >= 15 is 0 Å². The number of hydrogen-bond acceptors (Lipinski definition) is 3. The van der Waals surface area contributed by atoms with Crippen LogP contribution >= 0.6 is 0 Å². The minimum Gasteiger partial charge on any atom is -0.467 e. The standard InChI is InChI=1S/C24H47NO3/c1-5-6-7-8-9-10-11-12-13-14-15-16-17-18-19-20-22(26)25-23(21(2)3)24(27)28-4/h21,23H,5-20H2,1-4H3,(H,25,26)/t23-/m0/s1. The Morgan fingerprint density at radius 1 is 0.714 bits per heavy atom. The highest BCUT2D eigenvalue weighted by atomic mass is 16.5. The highest BCUT2D eigenvalue weighted by molar-refractivity contribution is 5.84. The van der Waals surface area contributed by atoms with Crippen molar-refractivity contribution in [3.8, 4) is 0 Å². The molecule has 4 nitrogen and oxygen atoms in total. The van der Waals surface area contributed by atoms with Gasteiger partial charge in [-0.05, 0) is 12.3 Å². The zero-order valence-corrected chi connectivity index (χ0v) is 19.2.